The standard InChI is InChI=1S/C23H22Cl2N2O2/c1-15-4-7-19(10-16(15)2)27-26-13-17-6-9-22(28-3)23(12-17)29-14-18-5-8-20(24)21(25)11-18/h4-13,27H,14H2,1-3H3. The summed E-state index contributed by atoms with van der Waals surface area (Å²) in [5, 5.41) is 5.33. The molecule has 0 heterocycles. The van der Waals surface area contributed by atoms with Crippen molar-refractivity contribution in [1.29, 1.82) is 0 Å². The Labute approximate surface area is 181 Å². The molecule has 0 unspecified atom stereocenters. The lowest BCUT2D eigenvalue weighted by Gasteiger charge is -2.12. The van der Waals surface area contributed by atoms with Gasteiger partial charge in [-0.3, -0.25) is 5.43 Å². The fourth-order valence-electron chi connectivity index (χ4n) is 2.67. The van der Waals surface area contributed by atoms with Gasteiger partial charge in [-0.15, -0.1) is 0 Å². The Morgan fingerprint density at radius 3 is 2.45 bits per heavy atom. The highest BCUT2D eigenvalue weighted by Crippen LogP contribution is 2.29. The number of halogens is 2. The first-order chi connectivity index (χ1) is 14.0. The molecule has 6 heteroatoms. The molecule has 0 aliphatic heterocycles. The molecule has 0 aliphatic carbocycles. The number of nitrogens with zero attached hydrogens (tertiary/aromatic N) is 1. The van der Waals surface area contributed by atoms with Gasteiger partial charge >= 0.3 is 0 Å². The molecule has 29 heavy (non-hydrogen) atoms. The summed E-state index contributed by atoms with van der Waals surface area (Å²) in [6.07, 6.45) is 1.74. The van der Waals surface area contributed by atoms with E-state index < -0.39 is 0 Å². The largest absolute Gasteiger partial charge is 0.493 e. The highest BCUT2D eigenvalue weighted by Gasteiger charge is 2.07. The maximum atomic E-state index is 6.07. The Morgan fingerprint density at radius 2 is 1.72 bits per heavy atom. The smallest absolute Gasteiger partial charge is 0.162 e. The first kappa shape index (κ1) is 21.0. The summed E-state index contributed by atoms with van der Waals surface area (Å²) in [6.45, 7) is 4.50. The van der Waals surface area contributed by atoms with Crippen LogP contribution < -0.4 is 14.9 Å². The zero-order valence-electron chi connectivity index (χ0n) is 16.5. The number of hydrogen-bond donors (Lipinski definition) is 1. The number of aryl methyl sites for hydroxylation is 2. The van der Waals surface area contributed by atoms with E-state index in [2.05, 4.69) is 36.5 Å². The second-order valence-corrected chi connectivity index (χ2v) is 7.43. The third-order valence-corrected chi connectivity index (χ3v) is 5.22. The molecular formula is C23H22Cl2N2O2. The lowest BCUT2D eigenvalue weighted by atomic mass is 10.1. The van der Waals surface area contributed by atoms with Gasteiger partial charge in [-0.2, -0.15) is 5.10 Å². The molecular weight excluding hydrogens is 407 g/mol. The van der Waals surface area contributed by atoms with Crippen molar-refractivity contribution < 1.29 is 9.47 Å². The molecule has 0 aliphatic rings. The maximum Gasteiger partial charge on any atom is 0.162 e. The van der Waals surface area contributed by atoms with E-state index >= 15 is 0 Å². The Balaban J connectivity index is 1.70. The third kappa shape index (κ3) is 5.66. The van der Waals surface area contributed by atoms with E-state index in [9.17, 15) is 0 Å². The highest BCUT2D eigenvalue weighted by atomic mass is 35.5. The van der Waals surface area contributed by atoms with E-state index in [-0.39, 0.29) is 0 Å². The van der Waals surface area contributed by atoms with Crippen LogP contribution >= 0.6 is 23.2 Å². The number of benzene rings is 3. The number of methoxy groups -OCH3 is 1. The predicted molar refractivity (Wildman–Crippen MR) is 121 cm³/mol. The molecule has 3 aromatic rings. The summed E-state index contributed by atoms with van der Waals surface area (Å²) in [5.74, 6) is 1.26. The summed E-state index contributed by atoms with van der Waals surface area (Å²) < 4.78 is 11.3. The van der Waals surface area contributed by atoms with Crippen molar-refractivity contribution in [2.75, 3.05) is 12.5 Å². The number of ether oxygens (including phenoxy) is 2. The molecule has 0 fully saturated rings. The van der Waals surface area contributed by atoms with Crippen LogP contribution in [-0.2, 0) is 6.61 Å². The molecule has 0 radical (unpaired) electrons. The lowest BCUT2D eigenvalue weighted by Crippen LogP contribution is -1.99. The van der Waals surface area contributed by atoms with Gasteiger partial charge in [0, 0.05) is 0 Å². The number of anilines is 1. The van der Waals surface area contributed by atoms with E-state index in [1.54, 1.807) is 25.5 Å². The Kier molecular flexibility index (Phi) is 7.02. The fraction of sp³-hybridized carbons (Fsp3) is 0.174. The minimum atomic E-state index is 0.342. The van der Waals surface area contributed by atoms with Gasteiger partial charge in [0.05, 0.1) is 29.1 Å². The van der Waals surface area contributed by atoms with Gasteiger partial charge in [0.2, 0.25) is 0 Å². The van der Waals surface area contributed by atoms with Gasteiger partial charge < -0.3 is 9.47 Å². The van der Waals surface area contributed by atoms with Crippen molar-refractivity contribution >= 4 is 35.1 Å². The van der Waals surface area contributed by atoms with Gasteiger partial charge in [-0.25, -0.2) is 0 Å². The number of nitrogens with one attached hydrogen (secondary N) is 1. The van der Waals surface area contributed by atoms with Crippen LogP contribution in [0.2, 0.25) is 10.0 Å². The van der Waals surface area contributed by atoms with Crippen molar-refractivity contribution in [3.05, 3.63) is 86.9 Å². The minimum absolute atomic E-state index is 0.342. The number of rotatable bonds is 7. The van der Waals surface area contributed by atoms with Crippen LogP contribution in [-0.4, -0.2) is 13.3 Å². The van der Waals surface area contributed by atoms with Crippen LogP contribution in [0.5, 0.6) is 11.5 Å². The Hall–Kier alpha value is -2.69. The van der Waals surface area contributed by atoms with E-state index in [4.69, 9.17) is 32.7 Å². The van der Waals surface area contributed by atoms with Crippen LogP contribution in [0.1, 0.15) is 22.3 Å². The van der Waals surface area contributed by atoms with Crippen LogP contribution in [0.15, 0.2) is 59.7 Å². The molecule has 0 saturated carbocycles. The van der Waals surface area contributed by atoms with Crippen LogP contribution in [0.25, 0.3) is 0 Å². The van der Waals surface area contributed by atoms with E-state index in [1.165, 1.54) is 11.1 Å². The summed E-state index contributed by atoms with van der Waals surface area (Å²) in [7, 11) is 1.61. The fourth-order valence-corrected chi connectivity index (χ4v) is 2.99. The lowest BCUT2D eigenvalue weighted by molar-refractivity contribution is 0.284. The topological polar surface area (TPSA) is 42.8 Å². The van der Waals surface area contributed by atoms with Crippen molar-refractivity contribution in [1.82, 2.24) is 0 Å². The molecule has 4 nitrogen and oxygen atoms in total. The molecule has 1 N–H and O–H groups in total. The average molecular weight is 429 g/mol. The second-order valence-electron chi connectivity index (χ2n) is 6.62. The van der Waals surface area contributed by atoms with Crippen molar-refractivity contribution in [3.8, 4) is 11.5 Å². The summed E-state index contributed by atoms with van der Waals surface area (Å²) in [6, 6.07) is 17.2. The zero-order valence-corrected chi connectivity index (χ0v) is 18.0. The SMILES string of the molecule is COc1ccc(C=NNc2ccc(C)c(C)c2)cc1OCc1ccc(Cl)c(Cl)c1. The Bertz CT molecular complexity index is 1040. The molecule has 0 saturated heterocycles. The number of hydrazone groups is 1. The Morgan fingerprint density at radius 1 is 0.897 bits per heavy atom. The van der Waals surface area contributed by atoms with Crippen molar-refractivity contribution in [2.24, 2.45) is 5.10 Å². The summed E-state index contributed by atoms with van der Waals surface area (Å²) in [4.78, 5) is 0. The van der Waals surface area contributed by atoms with Gasteiger partial charge in [0.25, 0.3) is 0 Å². The molecule has 0 spiro atoms. The van der Waals surface area contributed by atoms with Gasteiger partial charge in [0.1, 0.15) is 6.61 Å². The second kappa shape index (κ2) is 9.68. The molecule has 0 aromatic heterocycles. The molecule has 150 valence electrons. The first-order valence-electron chi connectivity index (χ1n) is 9.07. The molecule has 3 aromatic carbocycles. The third-order valence-electron chi connectivity index (χ3n) is 4.48. The average Bonchev–Trinajstić information content (AvgIpc) is 2.71. The molecule has 3 rings (SSSR count). The molecule has 0 amide bonds. The van der Waals surface area contributed by atoms with E-state index in [1.807, 2.05) is 30.3 Å². The maximum absolute atomic E-state index is 6.07. The van der Waals surface area contributed by atoms with E-state index in [0.717, 1.165) is 16.8 Å². The minimum Gasteiger partial charge on any atom is -0.493 e. The predicted octanol–water partition coefficient (Wildman–Crippen LogP) is 6.64. The first-order valence-corrected chi connectivity index (χ1v) is 9.83. The summed E-state index contributed by atoms with van der Waals surface area (Å²) >= 11 is 12.0. The number of hydrogen-bond acceptors (Lipinski definition) is 4. The zero-order chi connectivity index (χ0) is 20.8. The van der Waals surface area contributed by atoms with Gasteiger partial charge in [-0.1, -0.05) is 35.3 Å². The van der Waals surface area contributed by atoms with Crippen LogP contribution in [0.4, 0.5) is 5.69 Å². The van der Waals surface area contributed by atoms with Crippen molar-refractivity contribution in [2.45, 2.75) is 20.5 Å². The summed E-state index contributed by atoms with van der Waals surface area (Å²) in [5.41, 5.74) is 8.25. The van der Waals surface area contributed by atoms with E-state index in [0.29, 0.717) is 28.2 Å². The normalized spacial score (nSPS) is 10.9. The van der Waals surface area contributed by atoms with Gasteiger partial charge in [-0.05, 0) is 78.6 Å². The monoisotopic (exact) mass is 428 g/mol. The van der Waals surface area contributed by atoms with Crippen LogP contribution in [0, 0.1) is 13.8 Å². The highest BCUT2D eigenvalue weighted by molar-refractivity contribution is 6.42. The quantitative estimate of drug-likeness (QED) is 0.338. The van der Waals surface area contributed by atoms with Crippen molar-refractivity contribution in [3.63, 3.8) is 0 Å². The van der Waals surface area contributed by atoms with Gasteiger partial charge in [0.15, 0.2) is 11.5 Å². The molecule has 0 atom stereocenters. The van der Waals surface area contributed by atoms with Crippen LogP contribution in [0.3, 0.4) is 0 Å². The molecule has 0 bridgehead atoms.